The van der Waals surface area contributed by atoms with E-state index in [0.29, 0.717) is 6.54 Å². The zero-order valence-corrected chi connectivity index (χ0v) is 11.5. The Hall–Kier alpha value is -1.84. The third-order valence-corrected chi connectivity index (χ3v) is 2.95. The molecule has 2 rings (SSSR count). The lowest BCUT2D eigenvalue weighted by Crippen LogP contribution is -2.09. The number of benzene rings is 1. The van der Waals surface area contributed by atoms with Crippen LogP contribution in [-0.2, 0) is 6.54 Å². The van der Waals surface area contributed by atoms with Crippen molar-refractivity contribution in [2.45, 2.75) is 33.2 Å². The number of aryl methyl sites for hydroxylation is 1. The van der Waals surface area contributed by atoms with Crippen LogP contribution in [0.15, 0.2) is 30.5 Å². The Bertz CT molecular complexity index is 534. The fourth-order valence-corrected chi connectivity index (χ4v) is 2.02. The van der Waals surface area contributed by atoms with Crippen molar-refractivity contribution < 1.29 is 4.39 Å². The Kier molecular flexibility index (Phi) is 4.55. The van der Waals surface area contributed by atoms with Gasteiger partial charge in [-0.15, -0.1) is 0 Å². The third-order valence-electron chi connectivity index (χ3n) is 2.95. The fourth-order valence-electron chi connectivity index (χ4n) is 2.02. The molecule has 2 aromatic rings. The van der Waals surface area contributed by atoms with E-state index in [1.165, 1.54) is 6.07 Å². The Morgan fingerprint density at radius 2 is 2.21 bits per heavy atom. The summed E-state index contributed by atoms with van der Waals surface area (Å²) in [6.45, 7) is 5.67. The van der Waals surface area contributed by atoms with Crippen molar-refractivity contribution in [3.8, 4) is 0 Å². The molecule has 0 amide bonds. The lowest BCUT2D eigenvalue weighted by atomic mass is 10.2. The van der Waals surface area contributed by atoms with Gasteiger partial charge in [-0.25, -0.2) is 9.37 Å². The van der Waals surface area contributed by atoms with Crippen molar-refractivity contribution in [2.24, 2.45) is 0 Å². The first kappa shape index (κ1) is 13.6. The first-order valence-electron chi connectivity index (χ1n) is 6.71. The van der Waals surface area contributed by atoms with Gasteiger partial charge in [0.15, 0.2) is 0 Å². The molecule has 19 heavy (non-hydrogen) atoms. The number of aromatic nitrogens is 2. The standard InChI is InChI=1S/C15H20FN3/c1-3-4-8-17-15-18-12(2)10-19(15)11-13-6-5-7-14(16)9-13/h5-7,9-10H,3-4,8,11H2,1-2H3,(H,17,18). The highest BCUT2D eigenvalue weighted by Gasteiger charge is 2.06. The number of hydrogen-bond donors (Lipinski definition) is 1. The summed E-state index contributed by atoms with van der Waals surface area (Å²) in [6, 6.07) is 6.68. The van der Waals surface area contributed by atoms with Gasteiger partial charge in [0.05, 0.1) is 12.2 Å². The summed E-state index contributed by atoms with van der Waals surface area (Å²) in [4.78, 5) is 4.46. The van der Waals surface area contributed by atoms with Gasteiger partial charge in [0.2, 0.25) is 5.95 Å². The summed E-state index contributed by atoms with van der Waals surface area (Å²) in [7, 11) is 0. The number of rotatable bonds is 6. The molecule has 0 aliphatic rings. The first-order chi connectivity index (χ1) is 9.19. The number of imidazole rings is 1. The van der Waals surface area contributed by atoms with E-state index in [1.807, 2.05) is 23.8 Å². The highest BCUT2D eigenvalue weighted by molar-refractivity contribution is 5.30. The van der Waals surface area contributed by atoms with Gasteiger partial charge in [0.1, 0.15) is 5.82 Å². The molecule has 0 aliphatic carbocycles. The van der Waals surface area contributed by atoms with Crippen molar-refractivity contribution in [3.63, 3.8) is 0 Å². The highest BCUT2D eigenvalue weighted by Crippen LogP contribution is 2.13. The summed E-state index contributed by atoms with van der Waals surface area (Å²) < 4.78 is 15.2. The van der Waals surface area contributed by atoms with Crippen LogP contribution < -0.4 is 5.32 Å². The summed E-state index contributed by atoms with van der Waals surface area (Å²) in [6.07, 6.45) is 4.25. The van der Waals surface area contributed by atoms with Crippen LogP contribution in [0.5, 0.6) is 0 Å². The van der Waals surface area contributed by atoms with Crippen LogP contribution in [0.25, 0.3) is 0 Å². The van der Waals surface area contributed by atoms with Crippen LogP contribution in [0, 0.1) is 12.7 Å². The molecule has 1 N–H and O–H groups in total. The minimum Gasteiger partial charge on any atom is -0.356 e. The van der Waals surface area contributed by atoms with Gasteiger partial charge in [-0.2, -0.15) is 0 Å². The predicted octanol–water partition coefficient (Wildman–Crippen LogP) is 3.59. The molecule has 0 atom stereocenters. The lowest BCUT2D eigenvalue weighted by molar-refractivity contribution is 0.623. The number of nitrogens with one attached hydrogen (secondary N) is 1. The quantitative estimate of drug-likeness (QED) is 0.805. The summed E-state index contributed by atoms with van der Waals surface area (Å²) in [5.74, 6) is 0.657. The normalized spacial score (nSPS) is 10.7. The average molecular weight is 261 g/mol. The molecule has 1 heterocycles. The number of nitrogens with zero attached hydrogens (tertiary/aromatic N) is 2. The Balaban J connectivity index is 2.10. The Morgan fingerprint density at radius 3 is 2.95 bits per heavy atom. The average Bonchev–Trinajstić information content (AvgIpc) is 2.70. The molecule has 102 valence electrons. The minimum atomic E-state index is -0.199. The van der Waals surface area contributed by atoms with Crippen LogP contribution in [0.1, 0.15) is 31.0 Å². The molecular weight excluding hydrogens is 241 g/mol. The third kappa shape index (κ3) is 3.81. The molecule has 3 nitrogen and oxygen atoms in total. The zero-order valence-electron chi connectivity index (χ0n) is 11.5. The summed E-state index contributed by atoms with van der Waals surface area (Å²) in [5.41, 5.74) is 1.91. The van der Waals surface area contributed by atoms with Crippen LogP contribution in [0.2, 0.25) is 0 Å². The monoisotopic (exact) mass is 261 g/mol. The maximum absolute atomic E-state index is 13.2. The van der Waals surface area contributed by atoms with Gasteiger partial charge in [-0.05, 0) is 31.0 Å². The van der Waals surface area contributed by atoms with E-state index in [9.17, 15) is 4.39 Å². The second kappa shape index (κ2) is 6.36. The lowest BCUT2D eigenvalue weighted by Gasteiger charge is -2.09. The van der Waals surface area contributed by atoms with Gasteiger partial charge >= 0.3 is 0 Å². The van der Waals surface area contributed by atoms with E-state index < -0.39 is 0 Å². The SMILES string of the molecule is CCCCNc1nc(C)cn1Cc1cccc(F)c1. The predicted molar refractivity (Wildman–Crippen MR) is 75.9 cm³/mol. The van der Waals surface area contributed by atoms with Crippen LogP contribution in [-0.4, -0.2) is 16.1 Å². The zero-order chi connectivity index (χ0) is 13.7. The van der Waals surface area contributed by atoms with Crippen LogP contribution in [0.4, 0.5) is 10.3 Å². The number of anilines is 1. The second-order valence-electron chi connectivity index (χ2n) is 4.74. The second-order valence-corrected chi connectivity index (χ2v) is 4.74. The molecule has 0 radical (unpaired) electrons. The van der Waals surface area contributed by atoms with Crippen molar-refractivity contribution in [1.82, 2.24) is 9.55 Å². The van der Waals surface area contributed by atoms with Crippen molar-refractivity contribution in [1.29, 1.82) is 0 Å². The maximum atomic E-state index is 13.2. The molecule has 4 heteroatoms. The molecule has 0 bridgehead atoms. The Morgan fingerprint density at radius 1 is 1.37 bits per heavy atom. The molecule has 0 unspecified atom stereocenters. The van der Waals surface area contributed by atoms with Gasteiger partial charge in [-0.3, -0.25) is 0 Å². The summed E-state index contributed by atoms with van der Waals surface area (Å²) >= 11 is 0. The van der Waals surface area contributed by atoms with Crippen molar-refractivity contribution >= 4 is 5.95 Å². The molecule has 0 aliphatic heterocycles. The molecule has 0 spiro atoms. The maximum Gasteiger partial charge on any atom is 0.203 e. The smallest absolute Gasteiger partial charge is 0.203 e. The highest BCUT2D eigenvalue weighted by atomic mass is 19.1. The van der Waals surface area contributed by atoms with E-state index in [2.05, 4.69) is 17.2 Å². The topological polar surface area (TPSA) is 29.9 Å². The van der Waals surface area contributed by atoms with Gasteiger partial charge in [-0.1, -0.05) is 25.5 Å². The molecule has 0 saturated heterocycles. The van der Waals surface area contributed by atoms with Crippen LogP contribution in [0.3, 0.4) is 0 Å². The molecule has 1 aromatic heterocycles. The first-order valence-corrected chi connectivity index (χ1v) is 6.71. The molecule has 0 fully saturated rings. The van der Waals surface area contributed by atoms with Gasteiger partial charge < -0.3 is 9.88 Å². The minimum absolute atomic E-state index is 0.199. The van der Waals surface area contributed by atoms with E-state index in [4.69, 9.17) is 0 Å². The number of halogens is 1. The number of hydrogen-bond acceptors (Lipinski definition) is 2. The molecular formula is C15H20FN3. The van der Waals surface area contributed by atoms with Gasteiger partial charge in [0, 0.05) is 12.7 Å². The van der Waals surface area contributed by atoms with Crippen molar-refractivity contribution in [2.75, 3.05) is 11.9 Å². The molecule has 1 aromatic carbocycles. The van der Waals surface area contributed by atoms with Gasteiger partial charge in [0.25, 0.3) is 0 Å². The van der Waals surface area contributed by atoms with Crippen LogP contribution >= 0.6 is 0 Å². The van der Waals surface area contributed by atoms with E-state index >= 15 is 0 Å². The van der Waals surface area contributed by atoms with E-state index in [-0.39, 0.29) is 5.82 Å². The fraction of sp³-hybridized carbons (Fsp3) is 0.400. The van der Waals surface area contributed by atoms with E-state index in [1.54, 1.807) is 12.1 Å². The Labute approximate surface area is 113 Å². The molecule has 0 saturated carbocycles. The van der Waals surface area contributed by atoms with E-state index in [0.717, 1.165) is 36.6 Å². The number of unbranched alkanes of at least 4 members (excludes halogenated alkanes) is 1. The summed E-state index contributed by atoms with van der Waals surface area (Å²) in [5, 5.41) is 3.33. The largest absolute Gasteiger partial charge is 0.356 e. The van der Waals surface area contributed by atoms with Crippen molar-refractivity contribution in [3.05, 3.63) is 47.5 Å².